The Bertz CT molecular complexity index is 1240. The topological polar surface area (TPSA) is 50.8 Å². The normalized spacial score (nSPS) is 14.6. The number of rotatable bonds is 4. The second-order valence-corrected chi connectivity index (χ2v) is 9.32. The van der Waals surface area contributed by atoms with Crippen LogP contribution in [0, 0.1) is 35.0 Å². The van der Waals surface area contributed by atoms with E-state index >= 15 is 0 Å². The van der Waals surface area contributed by atoms with Crippen LogP contribution in [0.3, 0.4) is 0 Å². The summed E-state index contributed by atoms with van der Waals surface area (Å²) in [4.78, 5) is 2.27. The van der Waals surface area contributed by atoms with Gasteiger partial charge < -0.3 is 4.90 Å². The van der Waals surface area contributed by atoms with Crippen molar-refractivity contribution >= 4 is 22.6 Å². The van der Waals surface area contributed by atoms with Gasteiger partial charge in [-0.15, -0.1) is 0 Å². The lowest BCUT2D eigenvalue weighted by atomic mass is 9.72. The standard InChI is InChI=1S/C30H27N3/c1-22-16-23(24-17-25(26(20-31)21-32)19-30(2,3)18-24)14-15-29(22)33(27-10-6-4-7-11-27)28-12-8-5-9-13-28/h4-17H,18-19H2,1-3H3. The second-order valence-electron chi connectivity index (χ2n) is 9.32. The van der Waals surface area contributed by atoms with E-state index in [0.29, 0.717) is 0 Å². The number of nitriles is 2. The lowest BCUT2D eigenvalue weighted by Crippen LogP contribution is -2.18. The van der Waals surface area contributed by atoms with E-state index in [1.807, 2.05) is 18.2 Å². The summed E-state index contributed by atoms with van der Waals surface area (Å²) in [6.07, 6.45) is 3.69. The maximum absolute atomic E-state index is 9.40. The van der Waals surface area contributed by atoms with Crippen molar-refractivity contribution in [2.45, 2.75) is 33.6 Å². The molecule has 0 heterocycles. The highest BCUT2D eigenvalue weighted by Crippen LogP contribution is 2.44. The zero-order valence-corrected chi connectivity index (χ0v) is 19.3. The average Bonchev–Trinajstić information content (AvgIpc) is 2.81. The molecule has 0 amide bonds. The number of nitrogens with zero attached hydrogens (tertiary/aromatic N) is 3. The molecule has 0 aliphatic heterocycles. The van der Waals surface area contributed by atoms with Gasteiger partial charge in [-0.05, 0) is 83.9 Å². The molecule has 33 heavy (non-hydrogen) atoms. The molecule has 3 aromatic carbocycles. The number of aryl methyl sites for hydroxylation is 1. The molecule has 4 rings (SSSR count). The van der Waals surface area contributed by atoms with Crippen molar-refractivity contribution in [2.75, 3.05) is 4.90 Å². The van der Waals surface area contributed by atoms with Gasteiger partial charge in [0.1, 0.15) is 17.7 Å². The summed E-state index contributed by atoms with van der Waals surface area (Å²) >= 11 is 0. The Morgan fingerprint density at radius 2 is 1.39 bits per heavy atom. The lowest BCUT2D eigenvalue weighted by Gasteiger charge is -2.32. The predicted molar refractivity (Wildman–Crippen MR) is 135 cm³/mol. The van der Waals surface area contributed by atoms with Crippen LogP contribution in [0.15, 0.2) is 96.1 Å². The van der Waals surface area contributed by atoms with E-state index in [9.17, 15) is 10.5 Å². The number of hydrogen-bond acceptors (Lipinski definition) is 3. The molecule has 0 spiro atoms. The SMILES string of the molecule is Cc1cc(C2=CC(=C(C#N)C#N)CC(C)(C)C2)ccc1N(c1ccccc1)c1ccccc1. The summed E-state index contributed by atoms with van der Waals surface area (Å²) in [6, 6.07) is 31.5. The summed E-state index contributed by atoms with van der Waals surface area (Å²) in [5.74, 6) is 0. The molecule has 1 aliphatic carbocycles. The molecular weight excluding hydrogens is 402 g/mol. The van der Waals surface area contributed by atoms with Crippen molar-refractivity contribution in [2.24, 2.45) is 5.41 Å². The van der Waals surface area contributed by atoms with E-state index in [2.05, 4.69) is 105 Å². The smallest absolute Gasteiger partial charge is 0.132 e. The van der Waals surface area contributed by atoms with Crippen LogP contribution in [0.25, 0.3) is 5.57 Å². The first-order chi connectivity index (χ1) is 15.9. The maximum Gasteiger partial charge on any atom is 0.132 e. The zero-order chi connectivity index (χ0) is 23.4. The number of allylic oxidation sites excluding steroid dienone is 4. The van der Waals surface area contributed by atoms with Crippen molar-refractivity contribution in [1.82, 2.24) is 0 Å². The maximum atomic E-state index is 9.40. The quantitative estimate of drug-likeness (QED) is 0.395. The molecule has 3 aromatic rings. The first kappa shape index (κ1) is 22.1. The molecule has 0 bridgehead atoms. The van der Waals surface area contributed by atoms with Crippen LogP contribution in [0.2, 0.25) is 0 Å². The highest BCUT2D eigenvalue weighted by Gasteiger charge is 2.28. The van der Waals surface area contributed by atoms with Crippen molar-refractivity contribution < 1.29 is 0 Å². The highest BCUT2D eigenvalue weighted by molar-refractivity contribution is 5.81. The molecule has 0 unspecified atom stereocenters. The van der Waals surface area contributed by atoms with E-state index in [0.717, 1.165) is 46.6 Å². The molecule has 0 saturated heterocycles. The zero-order valence-electron chi connectivity index (χ0n) is 19.3. The molecule has 0 fully saturated rings. The Kier molecular flexibility index (Phi) is 6.16. The molecule has 0 saturated carbocycles. The van der Waals surface area contributed by atoms with E-state index in [-0.39, 0.29) is 11.0 Å². The van der Waals surface area contributed by atoms with Crippen molar-refractivity contribution in [3.63, 3.8) is 0 Å². The molecule has 1 aliphatic rings. The first-order valence-electron chi connectivity index (χ1n) is 11.2. The third-order valence-corrected chi connectivity index (χ3v) is 6.07. The van der Waals surface area contributed by atoms with Gasteiger partial charge in [-0.1, -0.05) is 62.4 Å². The van der Waals surface area contributed by atoms with Crippen LogP contribution in [-0.2, 0) is 0 Å². The third-order valence-electron chi connectivity index (χ3n) is 6.07. The Morgan fingerprint density at radius 3 is 1.91 bits per heavy atom. The van der Waals surface area contributed by atoms with Crippen LogP contribution < -0.4 is 4.90 Å². The number of para-hydroxylation sites is 2. The van der Waals surface area contributed by atoms with Gasteiger partial charge in [0, 0.05) is 17.1 Å². The van der Waals surface area contributed by atoms with Crippen molar-refractivity contribution in [1.29, 1.82) is 10.5 Å². The number of hydrogen-bond donors (Lipinski definition) is 0. The summed E-state index contributed by atoms with van der Waals surface area (Å²) in [7, 11) is 0. The fraction of sp³-hybridized carbons (Fsp3) is 0.200. The fourth-order valence-electron chi connectivity index (χ4n) is 4.61. The lowest BCUT2D eigenvalue weighted by molar-refractivity contribution is 0.369. The van der Waals surface area contributed by atoms with Crippen LogP contribution in [0.5, 0.6) is 0 Å². The van der Waals surface area contributed by atoms with Gasteiger partial charge in [-0.25, -0.2) is 0 Å². The van der Waals surface area contributed by atoms with E-state index in [1.54, 1.807) is 0 Å². The molecule has 0 radical (unpaired) electrons. The van der Waals surface area contributed by atoms with Crippen LogP contribution in [0.1, 0.15) is 37.8 Å². The molecule has 3 nitrogen and oxygen atoms in total. The van der Waals surface area contributed by atoms with Crippen LogP contribution in [0.4, 0.5) is 17.1 Å². The highest BCUT2D eigenvalue weighted by atomic mass is 15.1. The first-order valence-corrected chi connectivity index (χ1v) is 11.2. The van der Waals surface area contributed by atoms with Crippen LogP contribution >= 0.6 is 0 Å². The number of benzene rings is 3. The fourth-order valence-corrected chi connectivity index (χ4v) is 4.61. The largest absolute Gasteiger partial charge is 0.310 e. The Labute approximate surface area is 196 Å². The minimum Gasteiger partial charge on any atom is -0.310 e. The Hall–Kier alpha value is -4.08. The third kappa shape index (κ3) is 4.74. The van der Waals surface area contributed by atoms with Crippen LogP contribution in [-0.4, -0.2) is 0 Å². The summed E-state index contributed by atoms with van der Waals surface area (Å²) < 4.78 is 0. The minimum atomic E-state index is -0.00887. The summed E-state index contributed by atoms with van der Waals surface area (Å²) in [5.41, 5.74) is 7.85. The predicted octanol–water partition coefficient (Wildman–Crippen LogP) is 8.01. The molecule has 0 N–H and O–H groups in total. The van der Waals surface area contributed by atoms with E-state index in [4.69, 9.17) is 0 Å². The molecular formula is C30H27N3. The van der Waals surface area contributed by atoms with E-state index < -0.39 is 0 Å². The van der Waals surface area contributed by atoms with Crippen molar-refractivity contribution in [3.05, 3.63) is 107 Å². The summed E-state index contributed by atoms with van der Waals surface area (Å²) in [5, 5.41) is 18.8. The second kappa shape index (κ2) is 9.19. The summed E-state index contributed by atoms with van der Waals surface area (Å²) in [6.45, 7) is 6.53. The van der Waals surface area contributed by atoms with Gasteiger partial charge in [-0.3, -0.25) is 0 Å². The monoisotopic (exact) mass is 429 g/mol. The van der Waals surface area contributed by atoms with Gasteiger partial charge in [0.2, 0.25) is 0 Å². The van der Waals surface area contributed by atoms with Gasteiger partial charge in [0.15, 0.2) is 0 Å². The van der Waals surface area contributed by atoms with Gasteiger partial charge in [0.05, 0.1) is 0 Å². The Morgan fingerprint density at radius 1 is 0.818 bits per heavy atom. The van der Waals surface area contributed by atoms with Crippen molar-refractivity contribution in [3.8, 4) is 12.1 Å². The molecule has 3 heteroatoms. The minimum absolute atomic E-state index is 0.00887. The average molecular weight is 430 g/mol. The number of anilines is 3. The molecule has 0 atom stereocenters. The Balaban J connectivity index is 1.80. The molecule has 0 aromatic heterocycles. The van der Waals surface area contributed by atoms with Gasteiger partial charge in [0.25, 0.3) is 0 Å². The molecule has 162 valence electrons. The van der Waals surface area contributed by atoms with Gasteiger partial charge >= 0.3 is 0 Å². The van der Waals surface area contributed by atoms with Gasteiger partial charge in [-0.2, -0.15) is 10.5 Å². The van der Waals surface area contributed by atoms with E-state index in [1.165, 1.54) is 5.57 Å².